The normalized spacial score (nSPS) is 23.8. The minimum Gasteiger partial charge on any atom is -0.396 e. The minimum absolute atomic E-state index is 0.103. The Morgan fingerprint density at radius 3 is 3.11 bits per heavy atom. The highest BCUT2D eigenvalue weighted by molar-refractivity contribution is 5.70. The number of aromatic nitrogens is 4. The molecule has 18 heavy (non-hydrogen) atoms. The number of fused-ring (bicyclic) bond motifs is 1. The number of imidazole rings is 1. The molecular weight excluding hydrogens is 234 g/mol. The fraction of sp³-hybridized carbons (Fsp3) is 0.545. The molecule has 0 saturated heterocycles. The summed E-state index contributed by atoms with van der Waals surface area (Å²) in [6.07, 6.45) is 4.47. The number of rotatable bonds is 2. The number of aliphatic hydroxyl groups excluding tert-OH is 1. The molecule has 2 aromatic heterocycles. The number of anilines is 1. The highest BCUT2D eigenvalue weighted by Gasteiger charge is 2.27. The summed E-state index contributed by atoms with van der Waals surface area (Å²) < 4.78 is 1.90. The Bertz CT molecular complexity index is 632. The Labute approximate surface area is 103 Å². The highest BCUT2D eigenvalue weighted by Crippen LogP contribution is 2.35. The van der Waals surface area contributed by atoms with Gasteiger partial charge in [-0.15, -0.1) is 0 Å². The molecule has 0 aromatic carbocycles. The summed E-state index contributed by atoms with van der Waals surface area (Å²) in [5.74, 6) is 0.428. The lowest BCUT2D eigenvalue weighted by Gasteiger charge is -2.12. The second kappa shape index (κ2) is 4.09. The van der Waals surface area contributed by atoms with Gasteiger partial charge < -0.3 is 15.4 Å². The largest absolute Gasteiger partial charge is 0.396 e. The Kier molecular flexibility index (Phi) is 2.55. The van der Waals surface area contributed by atoms with Crippen LogP contribution in [0.2, 0.25) is 0 Å². The molecule has 96 valence electrons. The van der Waals surface area contributed by atoms with Crippen LogP contribution in [0.5, 0.6) is 0 Å². The molecule has 1 aliphatic rings. The molecule has 2 heterocycles. The minimum atomic E-state index is -0.312. The molecule has 4 N–H and O–H groups in total. The van der Waals surface area contributed by atoms with Gasteiger partial charge in [-0.3, -0.25) is 9.78 Å². The van der Waals surface area contributed by atoms with Gasteiger partial charge in [0.2, 0.25) is 5.95 Å². The molecule has 0 amide bonds. The van der Waals surface area contributed by atoms with E-state index in [1.165, 1.54) is 0 Å². The van der Waals surface area contributed by atoms with Gasteiger partial charge in [0.25, 0.3) is 5.56 Å². The fourth-order valence-electron chi connectivity index (χ4n) is 2.68. The van der Waals surface area contributed by atoms with Gasteiger partial charge in [0.1, 0.15) is 0 Å². The number of hydrogen-bond acceptors (Lipinski definition) is 5. The van der Waals surface area contributed by atoms with E-state index in [-0.39, 0.29) is 24.2 Å². The van der Waals surface area contributed by atoms with Crippen LogP contribution in [0.1, 0.15) is 25.3 Å². The van der Waals surface area contributed by atoms with E-state index < -0.39 is 0 Å². The van der Waals surface area contributed by atoms with Gasteiger partial charge >= 0.3 is 0 Å². The zero-order valence-corrected chi connectivity index (χ0v) is 9.83. The van der Waals surface area contributed by atoms with E-state index in [1.54, 1.807) is 6.33 Å². The number of nitrogens with one attached hydrogen (secondary N) is 1. The molecule has 0 bridgehead atoms. The Hall–Kier alpha value is -1.89. The summed E-state index contributed by atoms with van der Waals surface area (Å²) in [4.78, 5) is 22.3. The second-order valence-electron chi connectivity index (χ2n) is 4.79. The highest BCUT2D eigenvalue weighted by atomic mass is 16.3. The number of aliphatic hydroxyl groups is 1. The molecular formula is C11H15N5O2. The first kappa shape index (κ1) is 11.2. The Morgan fingerprint density at radius 1 is 1.56 bits per heavy atom. The molecule has 0 spiro atoms. The average molecular weight is 249 g/mol. The zero-order valence-electron chi connectivity index (χ0n) is 9.83. The van der Waals surface area contributed by atoms with Crippen LogP contribution in [-0.4, -0.2) is 31.2 Å². The van der Waals surface area contributed by atoms with Crippen molar-refractivity contribution in [2.75, 3.05) is 12.3 Å². The van der Waals surface area contributed by atoms with E-state index in [0.717, 1.165) is 19.3 Å². The third-order valence-electron chi connectivity index (χ3n) is 3.62. The van der Waals surface area contributed by atoms with E-state index in [2.05, 4.69) is 15.0 Å². The molecule has 1 aliphatic carbocycles. The topological polar surface area (TPSA) is 110 Å². The molecule has 7 nitrogen and oxygen atoms in total. The standard InChI is InChI=1S/C11H15N5O2/c12-11-14-9-8(10(18)15-11)13-5-16(9)7-2-1-6(3-7)4-17/h5-7,17H,1-4H2,(H3,12,14,15,18)/t6-,7+/m0/s1. The molecule has 1 saturated carbocycles. The third kappa shape index (κ3) is 1.67. The smallest absolute Gasteiger partial charge is 0.280 e. The van der Waals surface area contributed by atoms with Gasteiger partial charge in [-0.2, -0.15) is 4.98 Å². The predicted octanol–water partition coefficient (Wildman–Crippen LogP) is 0.0353. The first-order valence-corrected chi connectivity index (χ1v) is 6.02. The first-order valence-electron chi connectivity index (χ1n) is 6.02. The van der Waals surface area contributed by atoms with E-state index in [9.17, 15) is 4.79 Å². The van der Waals surface area contributed by atoms with Crippen LogP contribution >= 0.6 is 0 Å². The van der Waals surface area contributed by atoms with Gasteiger partial charge in [-0.25, -0.2) is 4.98 Å². The van der Waals surface area contributed by atoms with E-state index in [0.29, 0.717) is 17.1 Å². The van der Waals surface area contributed by atoms with Gasteiger partial charge in [0.15, 0.2) is 11.2 Å². The van der Waals surface area contributed by atoms with Crippen molar-refractivity contribution in [1.29, 1.82) is 0 Å². The molecule has 0 radical (unpaired) electrons. The number of nitrogens with zero attached hydrogens (tertiary/aromatic N) is 3. The van der Waals surface area contributed by atoms with Crippen molar-refractivity contribution in [2.45, 2.75) is 25.3 Å². The van der Waals surface area contributed by atoms with Crippen molar-refractivity contribution < 1.29 is 5.11 Å². The molecule has 0 aliphatic heterocycles. The summed E-state index contributed by atoms with van der Waals surface area (Å²) in [6, 6.07) is 0.237. The number of nitrogen functional groups attached to an aromatic ring is 1. The maximum atomic E-state index is 11.7. The number of aromatic amines is 1. The summed E-state index contributed by atoms with van der Waals surface area (Å²) in [5.41, 5.74) is 6.09. The number of hydrogen-bond donors (Lipinski definition) is 3. The summed E-state index contributed by atoms with van der Waals surface area (Å²) >= 11 is 0. The lowest BCUT2D eigenvalue weighted by atomic mass is 10.1. The lowest BCUT2D eigenvalue weighted by molar-refractivity contribution is 0.226. The molecule has 7 heteroatoms. The molecule has 1 fully saturated rings. The maximum absolute atomic E-state index is 11.7. The average Bonchev–Trinajstić information content (AvgIpc) is 2.93. The lowest BCUT2D eigenvalue weighted by Crippen LogP contribution is -2.13. The SMILES string of the molecule is Nc1nc2c(ncn2[C@@H]2CC[C@H](CO)C2)c(=O)[nH]1. The molecule has 2 aromatic rings. The third-order valence-corrected chi connectivity index (χ3v) is 3.62. The van der Waals surface area contributed by atoms with Crippen molar-refractivity contribution in [1.82, 2.24) is 19.5 Å². The predicted molar refractivity (Wildman–Crippen MR) is 66.0 cm³/mol. The van der Waals surface area contributed by atoms with Crippen molar-refractivity contribution in [2.24, 2.45) is 5.92 Å². The van der Waals surface area contributed by atoms with E-state index in [4.69, 9.17) is 10.8 Å². The maximum Gasteiger partial charge on any atom is 0.280 e. The van der Waals surface area contributed by atoms with Gasteiger partial charge in [0, 0.05) is 12.6 Å². The van der Waals surface area contributed by atoms with Gasteiger partial charge in [0.05, 0.1) is 6.33 Å². The van der Waals surface area contributed by atoms with Crippen molar-refractivity contribution in [3.63, 3.8) is 0 Å². The molecule has 2 atom stereocenters. The summed E-state index contributed by atoms with van der Waals surface area (Å²) in [5, 5.41) is 9.17. The fourth-order valence-corrected chi connectivity index (χ4v) is 2.68. The quantitative estimate of drug-likeness (QED) is 0.695. The van der Waals surface area contributed by atoms with Crippen molar-refractivity contribution >= 4 is 17.1 Å². The molecule has 3 rings (SSSR count). The number of H-pyrrole nitrogens is 1. The second-order valence-corrected chi connectivity index (χ2v) is 4.79. The van der Waals surface area contributed by atoms with Crippen LogP contribution in [0, 0.1) is 5.92 Å². The van der Waals surface area contributed by atoms with Crippen LogP contribution in [0.15, 0.2) is 11.1 Å². The molecule has 0 unspecified atom stereocenters. The van der Waals surface area contributed by atoms with E-state index in [1.807, 2.05) is 4.57 Å². The van der Waals surface area contributed by atoms with Gasteiger partial charge in [-0.1, -0.05) is 0 Å². The Balaban J connectivity index is 2.05. The van der Waals surface area contributed by atoms with E-state index >= 15 is 0 Å². The summed E-state index contributed by atoms with van der Waals surface area (Å²) in [6.45, 7) is 0.208. The van der Waals surface area contributed by atoms with Crippen LogP contribution in [0.3, 0.4) is 0 Å². The van der Waals surface area contributed by atoms with Crippen LogP contribution < -0.4 is 11.3 Å². The number of nitrogens with two attached hydrogens (primary N) is 1. The van der Waals surface area contributed by atoms with Crippen LogP contribution in [-0.2, 0) is 0 Å². The van der Waals surface area contributed by atoms with Crippen LogP contribution in [0.4, 0.5) is 5.95 Å². The summed E-state index contributed by atoms with van der Waals surface area (Å²) in [7, 11) is 0. The first-order chi connectivity index (χ1) is 8.69. The monoisotopic (exact) mass is 249 g/mol. The zero-order chi connectivity index (χ0) is 12.7. The Morgan fingerprint density at radius 2 is 2.39 bits per heavy atom. The van der Waals surface area contributed by atoms with Crippen LogP contribution in [0.25, 0.3) is 11.2 Å². The van der Waals surface area contributed by atoms with Crippen molar-refractivity contribution in [3.8, 4) is 0 Å². The van der Waals surface area contributed by atoms with Crippen molar-refractivity contribution in [3.05, 3.63) is 16.7 Å². The van der Waals surface area contributed by atoms with Gasteiger partial charge in [-0.05, 0) is 25.2 Å².